The minimum Gasteiger partial charge on any atom is 1.00 e. The van der Waals surface area contributed by atoms with E-state index in [9.17, 15) is 13.0 Å². The fourth-order valence-electron chi connectivity index (χ4n) is 1.78. The number of benzene rings is 1. The number of hydrogen-bond donors (Lipinski definition) is 0. The molecule has 0 atom stereocenters. The normalized spacial score (nSPS) is 11.1. The van der Waals surface area contributed by atoms with Crippen LogP contribution in [0.2, 0.25) is 4.47 Å². The molecule has 0 aliphatic heterocycles. The van der Waals surface area contributed by atoms with Gasteiger partial charge in [0.05, 0.1) is 0 Å². The van der Waals surface area contributed by atoms with Gasteiger partial charge in [-0.05, 0) is 0 Å². The van der Waals surface area contributed by atoms with E-state index < -0.39 is 10.4 Å². The van der Waals surface area contributed by atoms with Gasteiger partial charge < -0.3 is 0 Å². The molecule has 0 unspecified atom stereocenters. The van der Waals surface area contributed by atoms with E-state index in [0.29, 0.717) is 6.42 Å². The monoisotopic (exact) mass is 438 g/mol. The third-order valence-electron chi connectivity index (χ3n) is 2.78. The number of hydrogen-bond acceptors (Lipinski definition) is 4. The van der Waals surface area contributed by atoms with Gasteiger partial charge in [0.15, 0.2) is 0 Å². The maximum Gasteiger partial charge on any atom is 1.00 e. The molecule has 0 aliphatic carbocycles. The van der Waals surface area contributed by atoms with Crippen LogP contribution < -0.4 is 33.2 Å². The molecule has 0 aromatic heterocycles. The molecule has 1 rings (SSSR count). The van der Waals surface area contributed by atoms with Gasteiger partial charge in [0.2, 0.25) is 0 Å². The SMILES string of the molecule is O=S(=O)([O-])OCCCCCCCC[Te]c1ccccc1.[Na+]. The van der Waals surface area contributed by atoms with Gasteiger partial charge in [-0.15, -0.1) is 0 Å². The van der Waals surface area contributed by atoms with E-state index in [1.165, 1.54) is 27.3 Å². The first-order valence-electron chi connectivity index (χ1n) is 6.86. The van der Waals surface area contributed by atoms with Crippen LogP contribution in [0, 0.1) is 0 Å². The molecule has 1 aromatic carbocycles. The van der Waals surface area contributed by atoms with Gasteiger partial charge in [0, 0.05) is 0 Å². The third kappa shape index (κ3) is 14.2. The molecule has 0 heterocycles. The van der Waals surface area contributed by atoms with E-state index in [2.05, 4.69) is 34.5 Å². The third-order valence-corrected chi connectivity index (χ3v) is 6.37. The van der Waals surface area contributed by atoms with Crippen molar-refractivity contribution in [2.75, 3.05) is 6.61 Å². The van der Waals surface area contributed by atoms with Crippen LogP contribution in [0.4, 0.5) is 0 Å². The van der Waals surface area contributed by atoms with Gasteiger partial charge in [-0.3, -0.25) is 0 Å². The molecule has 0 aliphatic rings. The summed E-state index contributed by atoms with van der Waals surface area (Å²) in [6.07, 6.45) is 6.32. The van der Waals surface area contributed by atoms with Crippen LogP contribution in [0.25, 0.3) is 0 Å². The zero-order valence-corrected chi connectivity index (χ0v) is 17.6. The predicted molar refractivity (Wildman–Crippen MR) is 80.0 cm³/mol. The molecule has 0 bridgehead atoms. The van der Waals surface area contributed by atoms with Crippen molar-refractivity contribution >= 4 is 34.9 Å². The van der Waals surface area contributed by atoms with E-state index >= 15 is 0 Å². The fraction of sp³-hybridized carbons (Fsp3) is 0.571. The second-order valence-electron chi connectivity index (χ2n) is 4.51. The zero-order chi connectivity index (χ0) is 14.7. The first-order chi connectivity index (χ1) is 9.58. The van der Waals surface area contributed by atoms with Crippen molar-refractivity contribution in [3.8, 4) is 0 Å². The molecule has 7 heteroatoms. The van der Waals surface area contributed by atoms with Gasteiger partial charge in [-0.25, -0.2) is 0 Å². The fourth-order valence-corrected chi connectivity index (χ4v) is 4.77. The summed E-state index contributed by atoms with van der Waals surface area (Å²) in [6.45, 7) is 0.0202. The topological polar surface area (TPSA) is 66.4 Å². The predicted octanol–water partition coefficient (Wildman–Crippen LogP) is -0.744. The molecule has 4 nitrogen and oxygen atoms in total. The second kappa shape index (κ2) is 13.3. The smallest absolute Gasteiger partial charge is 1.00 e. The van der Waals surface area contributed by atoms with Crippen LogP contribution >= 0.6 is 0 Å². The average Bonchev–Trinajstić information content (AvgIpc) is 2.41. The second-order valence-corrected chi connectivity index (χ2v) is 8.90. The molecule has 0 radical (unpaired) electrons. The van der Waals surface area contributed by atoms with Crippen molar-refractivity contribution in [3.63, 3.8) is 0 Å². The summed E-state index contributed by atoms with van der Waals surface area (Å²) in [5.41, 5.74) is 0. The summed E-state index contributed by atoms with van der Waals surface area (Å²) in [4.78, 5) is 0. The Bertz CT molecular complexity index is 453. The molecule has 0 amide bonds. The van der Waals surface area contributed by atoms with Crippen LogP contribution in [-0.4, -0.2) is 40.5 Å². The molecule has 114 valence electrons. The van der Waals surface area contributed by atoms with E-state index in [-0.39, 0.29) is 57.1 Å². The molecule has 0 saturated carbocycles. The van der Waals surface area contributed by atoms with Crippen LogP contribution in [-0.2, 0) is 14.6 Å². The molecule has 0 spiro atoms. The van der Waals surface area contributed by atoms with Crippen LogP contribution in [0.5, 0.6) is 0 Å². The standard InChI is InChI=1S/C14H22O4STe.Na/c15-19(16,17)18-12-8-3-1-2-4-9-13-20-14-10-6-5-7-11-14;/h5-7,10-11H,1-4,8-9,12-13H2,(H,15,16,17);/q;+1/p-1. The van der Waals surface area contributed by atoms with Gasteiger partial charge in [0.25, 0.3) is 0 Å². The summed E-state index contributed by atoms with van der Waals surface area (Å²) >= 11 is -0.0174. The van der Waals surface area contributed by atoms with Gasteiger partial charge in [-0.2, -0.15) is 0 Å². The van der Waals surface area contributed by atoms with E-state index in [4.69, 9.17) is 0 Å². The first kappa shape index (κ1) is 21.9. The Hall–Kier alpha value is 0.880. The molecular weight excluding hydrogens is 415 g/mol. The minimum atomic E-state index is -4.50. The molecular formula is C14H21NaO4STe. The van der Waals surface area contributed by atoms with Gasteiger partial charge in [-0.1, -0.05) is 0 Å². The first-order valence-corrected chi connectivity index (χ1v) is 11.0. The maximum atomic E-state index is 10.2. The number of unbranched alkanes of at least 4 members (excludes halogenated alkanes) is 5. The Balaban J connectivity index is 0.00000400. The molecule has 21 heavy (non-hydrogen) atoms. The zero-order valence-electron chi connectivity index (χ0n) is 12.5. The summed E-state index contributed by atoms with van der Waals surface area (Å²) < 4.78 is 37.6. The Morgan fingerprint density at radius 1 is 0.952 bits per heavy atom. The Morgan fingerprint density at radius 3 is 2.14 bits per heavy atom. The van der Waals surface area contributed by atoms with Crippen molar-refractivity contribution in [2.45, 2.75) is 43.0 Å². The van der Waals surface area contributed by atoms with Gasteiger partial charge in [0.1, 0.15) is 0 Å². The largest absolute Gasteiger partial charge is 1.00 e. The van der Waals surface area contributed by atoms with Crippen LogP contribution in [0.15, 0.2) is 30.3 Å². The van der Waals surface area contributed by atoms with Crippen molar-refractivity contribution in [3.05, 3.63) is 30.3 Å². The molecule has 0 N–H and O–H groups in total. The van der Waals surface area contributed by atoms with Crippen molar-refractivity contribution in [1.29, 1.82) is 0 Å². The van der Waals surface area contributed by atoms with Crippen molar-refractivity contribution in [1.82, 2.24) is 0 Å². The molecule has 0 fully saturated rings. The molecule has 1 aromatic rings. The van der Waals surface area contributed by atoms with Crippen LogP contribution in [0.3, 0.4) is 0 Å². The molecule has 0 saturated heterocycles. The van der Waals surface area contributed by atoms with E-state index in [0.717, 1.165) is 12.8 Å². The minimum absolute atomic E-state index is 0. The van der Waals surface area contributed by atoms with Crippen molar-refractivity contribution in [2.24, 2.45) is 0 Å². The summed E-state index contributed by atoms with van der Waals surface area (Å²) in [6, 6.07) is 10.7. The quantitative estimate of drug-likeness (QED) is 0.199. The maximum absolute atomic E-state index is 10.2. The Kier molecular flexibility index (Phi) is 13.9. The average molecular weight is 436 g/mol. The summed E-state index contributed by atoms with van der Waals surface area (Å²) in [5.74, 6) is 0. The van der Waals surface area contributed by atoms with Crippen molar-refractivity contribution < 1.29 is 46.7 Å². The summed E-state index contributed by atoms with van der Waals surface area (Å²) in [5, 5.41) is 0. The Labute approximate surface area is 160 Å². The number of rotatable bonds is 11. The Morgan fingerprint density at radius 2 is 1.52 bits per heavy atom. The van der Waals surface area contributed by atoms with Crippen LogP contribution in [0.1, 0.15) is 38.5 Å². The van der Waals surface area contributed by atoms with Gasteiger partial charge >= 0.3 is 162 Å². The van der Waals surface area contributed by atoms with E-state index in [1.807, 2.05) is 0 Å². The summed E-state index contributed by atoms with van der Waals surface area (Å²) in [7, 11) is -4.50. The van der Waals surface area contributed by atoms with E-state index in [1.54, 1.807) is 0 Å².